The number of hydrogen-bond acceptors (Lipinski definition) is 3. The van der Waals surface area contributed by atoms with E-state index in [1.165, 1.54) is 0 Å². The first-order valence-corrected chi connectivity index (χ1v) is 7.07. The van der Waals surface area contributed by atoms with Crippen LogP contribution in [-0.4, -0.2) is 48.7 Å². The third kappa shape index (κ3) is 4.46. The summed E-state index contributed by atoms with van der Waals surface area (Å²) in [5.41, 5.74) is 0.556. The third-order valence-corrected chi connectivity index (χ3v) is 3.70. The van der Waals surface area contributed by atoms with Gasteiger partial charge in [-0.25, -0.2) is 9.59 Å². The van der Waals surface area contributed by atoms with Crippen LogP contribution in [0.3, 0.4) is 0 Å². The molecule has 0 bridgehead atoms. The molecular weight excluding hydrogens is 270 g/mol. The van der Waals surface area contributed by atoms with E-state index in [1.54, 1.807) is 30.3 Å². The molecule has 6 heteroatoms. The van der Waals surface area contributed by atoms with Gasteiger partial charge in [0.2, 0.25) is 0 Å². The molecule has 3 N–H and O–H groups in total. The number of amides is 2. The summed E-state index contributed by atoms with van der Waals surface area (Å²) in [5.74, 6) is -0.641. The summed E-state index contributed by atoms with van der Waals surface area (Å²) in [6.07, 6.45) is 1.05. The highest BCUT2D eigenvalue weighted by molar-refractivity contribution is 5.83. The minimum absolute atomic E-state index is 0.431. The number of carboxylic acid groups (broad SMARTS) is 1. The average molecular weight is 291 g/mol. The predicted octanol–water partition coefficient (Wildman–Crippen LogP) is 1.06. The summed E-state index contributed by atoms with van der Waals surface area (Å²) < 4.78 is 0. The summed E-state index contributed by atoms with van der Waals surface area (Å²) >= 11 is 0. The second-order valence-corrected chi connectivity index (χ2v) is 5.45. The van der Waals surface area contributed by atoms with Crippen LogP contribution in [0.1, 0.15) is 18.0 Å². The number of nitrogens with zero attached hydrogens (tertiary/aromatic N) is 1. The van der Waals surface area contributed by atoms with E-state index in [-0.39, 0.29) is 0 Å². The lowest BCUT2D eigenvalue weighted by atomic mass is 10.1. The largest absolute Gasteiger partial charge is 0.479 e. The molecule has 1 aliphatic heterocycles. The van der Waals surface area contributed by atoms with Crippen molar-refractivity contribution in [1.82, 2.24) is 15.5 Å². The maximum Gasteiger partial charge on any atom is 0.330 e. The standard InChI is InChI=1S/C15H21N3O3/c1-18-8-7-11(10-18)9-16-15(21)17-13(14(19)20)12-5-3-2-4-6-12/h2-6,11,13H,7-10H2,1H3,(H,19,20)(H2,16,17,21). The quantitative estimate of drug-likeness (QED) is 0.758. The van der Waals surface area contributed by atoms with E-state index < -0.39 is 18.0 Å². The number of carbonyl (C=O) groups excluding carboxylic acids is 1. The van der Waals surface area contributed by atoms with Crippen molar-refractivity contribution in [1.29, 1.82) is 0 Å². The average Bonchev–Trinajstić information content (AvgIpc) is 2.89. The number of hydrogen-bond donors (Lipinski definition) is 3. The molecule has 1 aromatic rings. The molecule has 1 fully saturated rings. The Bertz CT molecular complexity index is 492. The highest BCUT2D eigenvalue weighted by Crippen LogP contribution is 2.14. The molecule has 1 saturated heterocycles. The van der Waals surface area contributed by atoms with Crippen LogP contribution in [0.25, 0.3) is 0 Å². The third-order valence-electron chi connectivity index (χ3n) is 3.70. The molecule has 2 atom stereocenters. The van der Waals surface area contributed by atoms with Gasteiger partial charge in [-0.2, -0.15) is 0 Å². The lowest BCUT2D eigenvalue weighted by Crippen LogP contribution is -2.42. The summed E-state index contributed by atoms with van der Waals surface area (Å²) in [4.78, 5) is 25.4. The SMILES string of the molecule is CN1CCC(CNC(=O)NC(C(=O)O)c2ccccc2)C1. The Morgan fingerprint density at radius 2 is 2.10 bits per heavy atom. The zero-order valence-corrected chi connectivity index (χ0v) is 12.1. The molecular formula is C15H21N3O3. The van der Waals surface area contributed by atoms with E-state index in [2.05, 4.69) is 22.6 Å². The second-order valence-electron chi connectivity index (χ2n) is 5.45. The topological polar surface area (TPSA) is 81.7 Å². The molecule has 2 unspecified atom stereocenters. The summed E-state index contributed by atoms with van der Waals surface area (Å²) in [7, 11) is 2.05. The van der Waals surface area contributed by atoms with Crippen molar-refractivity contribution in [3.05, 3.63) is 35.9 Å². The highest BCUT2D eigenvalue weighted by Gasteiger charge is 2.23. The van der Waals surface area contributed by atoms with E-state index >= 15 is 0 Å². The number of benzene rings is 1. The Labute approximate surface area is 124 Å². The fourth-order valence-electron chi connectivity index (χ4n) is 2.55. The Hall–Kier alpha value is -2.08. The van der Waals surface area contributed by atoms with Gasteiger partial charge in [0, 0.05) is 13.1 Å². The van der Waals surface area contributed by atoms with Crippen molar-refractivity contribution in [3.8, 4) is 0 Å². The van der Waals surface area contributed by atoms with Gasteiger partial charge in [-0.15, -0.1) is 0 Å². The smallest absolute Gasteiger partial charge is 0.330 e. The summed E-state index contributed by atoms with van der Waals surface area (Å²) in [6.45, 7) is 2.56. The number of nitrogens with one attached hydrogen (secondary N) is 2. The molecule has 1 aliphatic rings. The molecule has 0 radical (unpaired) electrons. The number of urea groups is 1. The molecule has 6 nitrogen and oxygen atoms in total. The molecule has 0 spiro atoms. The van der Waals surface area contributed by atoms with Gasteiger partial charge in [0.1, 0.15) is 0 Å². The van der Waals surface area contributed by atoms with Gasteiger partial charge in [-0.3, -0.25) is 0 Å². The van der Waals surface area contributed by atoms with Gasteiger partial charge in [0.15, 0.2) is 6.04 Å². The van der Waals surface area contributed by atoms with Crippen LogP contribution >= 0.6 is 0 Å². The fraction of sp³-hybridized carbons (Fsp3) is 0.467. The van der Waals surface area contributed by atoms with Crippen molar-refractivity contribution in [2.24, 2.45) is 5.92 Å². The van der Waals surface area contributed by atoms with Crippen LogP contribution < -0.4 is 10.6 Å². The van der Waals surface area contributed by atoms with Crippen LogP contribution in [0, 0.1) is 5.92 Å². The highest BCUT2D eigenvalue weighted by atomic mass is 16.4. The zero-order valence-electron chi connectivity index (χ0n) is 12.1. The summed E-state index contributed by atoms with van der Waals surface area (Å²) in [5, 5.41) is 14.5. The maximum absolute atomic E-state index is 11.9. The van der Waals surface area contributed by atoms with Crippen molar-refractivity contribution in [3.63, 3.8) is 0 Å². The molecule has 21 heavy (non-hydrogen) atoms. The first-order valence-electron chi connectivity index (χ1n) is 7.07. The molecule has 114 valence electrons. The molecule has 0 aliphatic carbocycles. The first kappa shape index (κ1) is 15.3. The number of likely N-dealkylation sites (tertiary alicyclic amines) is 1. The van der Waals surface area contributed by atoms with Crippen LogP contribution in [-0.2, 0) is 4.79 Å². The number of carboxylic acids is 1. The van der Waals surface area contributed by atoms with E-state index in [1.807, 2.05) is 0 Å². The Kier molecular flexibility index (Phi) is 5.16. The van der Waals surface area contributed by atoms with Gasteiger partial charge in [-0.05, 0) is 31.5 Å². The molecule has 0 saturated carbocycles. The molecule has 1 aromatic carbocycles. The normalized spacial score (nSPS) is 20.0. The van der Waals surface area contributed by atoms with E-state index in [4.69, 9.17) is 0 Å². The van der Waals surface area contributed by atoms with Crippen molar-refractivity contribution in [2.45, 2.75) is 12.5 Å². The van der Waals surface area contributed by atoms with Crippen LogP contribution in [0.5, 0.6) is 0 Å². The van der Waals surface area contributed by atoms with E-state index in [0.29, 0.717) is 18.0 Å². The summed E-state index contributed by atoms with van der Waals surface area (Å²) in [6, 6.07) is 7.20. The first-order chi connectivity index (χ1) is 10.1. The van der Waals surface area contributed by atoms with E-state index in [0.717, 1.165) is 19.5 Å². The van der Waals surface area contributed by atoms with Crippen molar-refractivity contribution < 1.29 is 14.7 Å². The Balaban J connectivity index is 1.86. The monoisotopic (exact) mass is 291 g/mol. The van der Waals surface area contributed by atoms with Crippen LogP contribution in [0.15, 0.2) is 30.3 Å². The molecule has 2 rings (SSSR count). The lowest BCUT2D eigenvalue weighted by molar-refractivity contribution is -0.139. The van der Waals surface area contributed by atoms with E-state index in [9.17, 15) is 14.7 Å². The number of rotatable bonds is 5. The van der Waals surface area contributed by atoms with Crippen molar-refractivity contribution >= 4 is 12.0 Å². The number of aliphatic carboxylic acids is 1. The molecule has 0 aromatic heterocycles. The predicted molar refractivity (Wildman–Crippen MR) is 79.0 cm³/mol. The Morgan fingerprint density at radius 1 is 1.38 bits per heavy atom. The number of carbonyl (C=O) groups is 2. The van der Waals surface area contributed by atoms with Gasteiger partial charge in [-0.1, -0.05) is 30.3 Å². The molecule has 2 amide bonds. The van der Waals surface area contributed by atoms with Gasteiger partial charge >= 0.3 is 12.0 Å². The maximum atomic E-state index is 11.9. The second kappa shape index (κ2) is 7.08. The zero-order chi connectivity index (χ0) is 15.2. The van der Waals surface area contributed by atoms with Gasteiger partial charge in [0.25, 0.3) is 0 Å². The minimum Gasteiger partial charge on any atom is -0.479 e. The van der Waals surface area contributed by atoms with Gasteiger partial charge in [0.05, 0.1) is 0 Å². The molecule has 1 heterocycles. The minimum atomic E-state index is -1.07. The lowest BCUT2D eigenvalue weighted by Gasteiger charge is -2.17. The fourth-order valence-corrected chi connectivity index (χ4v) is 2.55. The van der Waals surface area contributed by atoms with Crippen LogP contribution in [0.2, 0.25) is 0 Å². The Morgan fingerprint density at radius 3 is 2.67 bits per heavy atom. The van der Waals surface area contributed by atoms with Gasteiger partial charge < -0.3 is 20.6 Å². The van der Waals surface area contributed by atoms with Crippen LogP contribution in [0.4, 0.5) is 4.79 Å². The van der Waals surface area contributed by atoms with Crippen molar-refractivity contribution in [2.75, 3.05) is 26.7 Å².